The van der Waals surface area contributed by atoms with Gasteiger partial charge in [0.2, 0.25) is 5.88 Å². The topological polar surface area (TPSA) is 63.8 Å². The maximum Gasteiger partial charge on any atom is 0.241 e. The molecule has 0 saturated heterocycles. The van der Waals surface area contributed by atoms with Crippen molar-refractivity contribution in [3.63, 3.8) is 0 Å². The smallest absolute Gasteiger partial charge is 0.241 e. The predicted octanol–water partition coefficient (Wildman–Crippen LogP) is 3.83. The van der Waals surface area contributed by atoms with Crippen LogP contribution < -0.4 is 0 Å². The zero-order valence-corrected chi connectivity index (χ0v) is 12.6. The number of fused-ring (bicyclic) bond motifs is 4. The monoisotopic (exact) mass is 312 g/mol. The lowest BCUT2D eigenvalue weighted by molar-refractivity contribution is 0.437. The number of para-hydroxylation sites is 1. The van der Waals surface area contributed by atoms with E-state index in [1.807, 2.05) is 54.6 Å². The zero-order chi connectivity index (χ0) is 16.1. The Labute approximate surface area is 136 Å². The minimum absolute atomic E-state index is 0.0211. The zero-order valence-electron chi connectivity index (χ0n) is 12.6. The second-order valence-corrected chi connectivity index (χ2v) is 5.66. The van der Waals surface area contributed by atoms with Crippen molar-refractivity contribution in [2.45, 2.75) is 0 Å². The van der Waals surface area contributed by atoms with Gasteiger partial charge in [-0.05, 0) is 12.1 Å². The normalized spacial score (nSPS) is 11.5. The fraction of sp³-hybridized carbons (Fsp3) is 0. The summed E-state index contributed by atoms with van der Waals surface area (Å²) in [6, 6.07) is 17.7. The van der Waals surface area contributed by atoms with Gasteiger partial charge in [-0.15, -0.1) is 0 Å². The molecule has 5 nitrogen and oxygen atoms in total. The molecule has 0 aliphatic heterocycles. The molecule has 3 aromatic heterocycles. The highest BCUT2D eigenvalue weighted by Gasteiger charge is 2.15. The molecule has 0 amide bonds. The van der Waals surface area contributed by atoms with Crippen molar-refractivity contribution in [1.82, 2.24) is 19.7 Å². The van der Waals surface area contributed by atoms with E-state index >= 15 is 0 Å². The van der Waals surface area contributed by atoms with Crippen LogP contribution in [0.15, 0.2) is 67.0 Å². The Morgan fingerprint density at radius 3 is 2.50 bits per heavy atom. The Kier molecular flexibility index (Phi) is 2.58. The summed E-state index contributed by atoms with van der Waals surface area (Å²) in [5, 5.41) is 18.1. The average Bonchev–Trinajstić information content (AvgIpc) is 2.98. The molecule has 5 rings (SSSR count). The van der Waals surface area contributed by atoms with Crippen LogP contribution in [0.25, 0.3) is 38.4 Å². The first-order chi connectivity index (χ1) is 11.8. The molecule has 1 N–H and O–H groups in total. The van der Waals surface area contributed by atoms with Gasteiger partial charge in [0.1, 0.15) is 5.52 Å². The fourth-order valence-electron chi connectivity index (χ4n) is 3.02. The van der Waals surface area contributed by atoms with Crippen molar-refractivity contribution in [2.24, 2.45) is 0 Å². The SMILES string of the molecule is Oc1c2ncc3ccccc3c2nn1-c1cnc2ccccc2c1. The molecule has 3 heterocycles. The summed E-state index contributed by atoms with van der Waals surface area (Å²) in [6.07, 6.45) is 3.46. The second-order valence-electron chi connectivity index (χ2n) is 5.66. The van der Waals surface area contributed by atoms with Gasteiger partial charge in [-0.3, -0.25) is 4.98 Å². The van der Waals surface area contributed by atoms with E-state index in [2.05, 4.69) is 15.1 Å². The molecule has 0 bridgehead atoms. The van der Waals surface area contributed by atoms with Crippen LogP contribution in [0, 0.1) is 0 Å². The number of nitrogens with zero attached hydrogens (tertiary/aromatic N) is 4. The second kappa shape index (κ2) is 4.76. The molecule has 2 aromatic carbocycles. The molecule has 0 fully saturated rings. The molecule has 24 heavy (non-hydrogen) atoms. The van der Waals surface area contributed by atoms with Gasteiger partial charge >= 0.3 is 0 Å². The number of rotatable bonds is 1. The molecule has 5 heteroatoms. The van der Waals surface area contributed by atoms with Crippen molar-refractivity contribution < 1.29 is 5.11 Å². The summed E-state index contributed by atoms with van der Waals surface area (Å²) in [5.41, 5.74) is 2.77. The van der Waals surface area contributed by atoms with E-state index in [-0.39, 0.29) is 5.88 Å². The van der Waals surface area contributed by atoms with Crippen LogP contribution in [0.4, 0.5) is 0 Å². The van der Waals surface area contributed by atoms with Crippen molar-refractivity contribution in [3.05, 3.63) is 67.0 Å². The lowest BCUT2D eigenvalue weighted by Gasteiger charge is -2.03. The quantitative estimate of drug-likeness (QED) is 0.511. The van der Waals surface area contributed by atoms with E-state index in [0.717, 1.165) is 21.7 Å². The van der Waals surface area contributed by atoms with Gasteiger partial charge in [0, 0.05) is 22.4 Å². The third kappa shape index (κ3) is 1.78. The number of aromatic hydroxyl groups is 1. The Bertz CT molecular complexity index is 1230. The van der Waals surface area contributed by atoms with Gasteiger partial charge < -0.3 is 5.11 Å². The number of hydrogen-bond acceptors (Lipinski definition) is 4. The van der Waals surface area contributed by atoms with E-state index in [4.69, 9.17) is 0 Å². The largest absolute Gasteiger partial charge is 0.492 e. The Hall–Kier alpha value is -3.47. The summed E-state index contributed by atoms with van der Waals surface area (Å²) in [4.78, 5) is 8.80. The number of benzene rings is 2. The Morgan fingerprint density at radius 1 is 0.792 bits per heavy atom. The summed E-state index contributed by atoms with van der Waals surface area (Å²) in [6.45, 7) is 0. The van der Waals surface area contributed by atoms with E-state index in [1.165, 1.54) is 4.68 Å². The molecular formula is C19H12N4O. The van der Waals surface area contributed by atoms with Crippen molar-refractivity contribution in [2.75, 3.05) is 0 Å². The third-order valence-corrected chi connectivity index (χ3v) is 4.21. The summed E-state index contributed by atoms with van der Waals surface area (Å²) < 4.78 is 1.49. The molecular weight excluding hydrogens is 300 g/mol. The Morgan fingerprint density at radius 2 is 1.58 bits per heavy atom. The first kappa shape index (κ1) is 13.0. The first-order valence-electron chi connectivity index (χ1n) is 7.62. The lowest BCUT2D eigenvalue weighted by atomic mass is 10.1. The minimum atomic E-state index is 0.0211. The highest BCUT2D eigenvalue weighted by Crippen LogP contribution is 2.31. The summed E-state index contributed by atoms with van der Waals surface area (Å²) in [5.74, 6) is 0.0211. The minimum Gasteiger partial charge on any atom is -0.492 e. The van der Waals surface area contributed by atoms with Gasteiger partial charge in [0.15, 0.2) is 5.52 Å². The molecule has 0 aliphatic rings. The summed E-state index contributed by atoms with van der Waals surface area (Å²) >= 11 is 0. The average molecular weight is 312 g/mol. The summed E-state index contributed by atoms with van der Waals surface area (Å²) in [7, 11) is 0. The van der Waals surface area contributed by atoms with Crippen LogP contribution in [-0.2, 0) is 0 Å². The number of hydrogen-bond donors (Lipinski definition) is 1. The van der Waals surface area contributed by atoms with E-state index in [1.54, 1.807) is 12.4 Å². The van der Waals surface area contributed by atoms with Crippen molar-refractivity contribution >= 4 is 32.7 Å². The molecule has 0 unspecified atom stereocenters. The predicted molar refractivity (Wildman–Crippen MR) is 93.3 cm³/mol. The van der Waals surface area contributed by atoms with Gasteiger partial charge in [-0.2, -0.15) is 9.78 Å². The van der Waals surface area contributed by atoms with Crippen LogP contribution in [-0.4, -0.2) is 24.9 Å². The van der Waals surface area contributed by atoms with Crippen LogP contribution in [0.2, 0.25) is 0 Å². The maximum absolute atomic E-state index is 10.6. The standard InChI is InChI=1S/C19H12N4O/c24-19-18-17(15-7-3-1-6-13(15)10-21-18)22-23(19)14-9-12-5-2-4-8-16(12)20-11-14/h1-11,24H. The van der Waals surface area contributed by atoms with Crippen LogP contribution in [0.3, 0.4) is 0 Å². The van der Waals surface area contributed by atoms with Crippen molar-refractivity contribution in [3.8, 4) is 11.6 Å². The van der Waals surface area contributed by atoms with E-state index in [0.29, 0.717) is 16.7 Å². The van der Waals surface area contributed by atoms with E-state index in [9.17, 15) is 5.11 Å². The van der Waals surface area contributed by atoms with Gasteiger partial charge in [0.25, 0.3) is 0 Å². The van der Waals surface area contributed by atoms with Gasteiger partial charge in [0.05, 0.1) is 17.4 Å². The molecule has 114 valence electrons. The third-order valence-electron chi connectivity index (χ3n) is 4.21. The molecule has 0 aliphatic carbocycles. The molecule has 0 spiro atoms. The molecule has 5 aromatic rings. The molecule has 0 atom stereocenters. The highest BCUT2D eigenvalue weighted by molar-refractivity contribution is 6.04. The number of aromatic nitrogens is 4. The van der Waals surface area contributed by atoms with Gasteiger partial charge in [-0.25, -0.2) is 4.98 Å². The number of pyridine rings is 2. The maximum atomic E-state index is 10.6. The van der Waals surface area contributed by atoms with E-state index < -0.39 is 0 Å². The molecule has 0 saturated carbocycles. The van der Waals surface area contributed by atoms with Crippen molar-refractivity contribution in [1.29, 1.82) is 0 Å². The lowest BCUT2D eigenvalue weighted by Crippen LogP contribution is -1.96. The Balaban J connectivity index is 1.82. The van der Waals surface area contributed by atoms with Crippen LogP contribution >= 0.6 is 0 Å². The first-order valence-corrected chi connectivity index (χ1v) is 7.62. The van der Waals surface area contributed by atoms with Crippen LogP contribution in [0.1, 0.15) is 0 Å². The highest BCUT2D eigenvalue weighted by atomic mass is 16.3. The van der Waals surface area contributed by atoms with Gasteiger partial charge in [-0.1, -0.05) is 42.5 Å². The van der Waals surface area contributed by atoms with Crippen LogP contribution in [0.5, 0.6) is 5.88 Å². The molecule has 0 radical (unpaired) electrons. The fourth-order valence-corrected chi connectivity index (χ4v) is 3.02.